The van der Waals surface area contributed by atoms with Crippen molar-refractivity contribution in [3.63, 3.8) is 0 Å². The highest BCUT2D eigenvalue weighted by molar-refractivity contribution is 7.79. The monoisotopic (exact) mass is 394 g/mol. The molecule has 0 bridgehead atoms. The molecule has 0 unspecified atom stereocenters. The van der Waals surface area contributed by atoms with Crippen LogP contribution in [-0.2, 0) is 4.79 Å². The first-order valence-electron chi connectivity index (χ1n) is 9.00. The van der Waals surface area contributed by atoms with Crippen LogP contribution in [0, 0.1) is 18.3 Å². The van der Waals surface area contributed by atoms with E-state index in [1.54, 1.807) is 23.5 Å². The third-order valence-electron chi connectivity index (χ3n) is 5.31. The fourth-order valence-electron chi connectivity index (χ4n) is 3.47. The van der Waals surface area contributed by atoms with Crippen molar-refractivity contribution >= 4 is 35.0 Å². The van der Waals surface area contributed by atoms with Crippen molar-refractivity contribution < 1.29 is 9.53 Å². The van der Waals surface area contributed by atoms with Crippen LogP contribution in [-0.4, -0.2) is 36.1 Å². The number of nitriles is 1. The summed E-state index contributed by atoms with van der Waals surface area (Å²) in [7, 11) is 3.18. The van der Waals surface area contributed by atoms with Crippen LogP contribution < -0.4 is 14.5 Å². The Morgan fingerprint density at radius 1 is 1.32 bits per heavy atom. The number of benzene rings is 1. The van der Waals surface area contributed by atoms with Crippen LogP contribution in [0.1, 0.15) is 30.5 Å². The van der Waals surface area contributed by atoms with Gasteiger partial charge in [0.2, 0.25) is 0 Å². The van der Waals surface area contributed by atoms with Crippen molar-refractivity contribution in [1.29, 1.82) is 5.26 Å². The molecule has 1 heterocycles. The van der Waals surface area contributed by atoms with Gasteiger partial charge in [-0.2, -0.15) is 5.26 Å². The number of hydrogen-bond acceptors (Lipinski definition) is 5. The number of likely N-dealkylation sites (N-methyl/N-ethyl adjacent to an activating group) is 1. The van der Waals surface area contributed by atoms with E-state index in [0.717, 1.165) is 30.5 Å². The summed E-state index contributed by atoms with van der Waals surface area (Å²) in [5, 5.41) is 9.12. The summed E-state index contributed by atoms with van der Waals surface area (Å²) >= 11 is 5.29. The second kappa shape index (κ2) is 7.95. The number of aryl methyl sites for hydroxylation is 1. The number of aromatic nitrogens is 1. The Morgan fingerprint density at radius 3 is 2.50 bits per heavy atom. The second-order valence-electron chi connectivity index (χ2n) is 6.92. The van der Waals surface area contributed by atoms with E-state index < -0.39 is 5.54 Å². The minimum absolute atomic E-state index is 0.0611. The average Bonchev–Trinajstić information content (AvgIpc) is 2.69. The number of carbonyl (C=O) groups excluding carboxylic acids is 1. The second-order valence-corrected chi connectivity index (χ2v) is 7.13. The zero-order chi connectivity index (χ0) is 20.3. The van der Waals surface area contributed by atoms with Crippen LogP contribution in [0.4, 0.5) is 11.4 Å². The Balaban J connectivity index is 1.95. The number of carbonyl (C=O) groups is 1. The summed E-state index contributed by atoms with van der Waals surface area (Å²) in [5.41, 5.74) is 3.65. The normalized spacial score (nSPS) is 14.4. The van der Waals surface area contributed by atoms with Gasteiger partial charge in [-0.25, -0.2) is 4.98 Å². The SMILES string of the molecule is COc1cc(N(C)C(=O)C2(N(C=S)c3ccc(C)cc3)CCC2)cnc1C#N. The molecule has 1 saturated carbocycles. The fraction of sp³-hybridized carbons (Fsp3) is 0.333. The molecule has 0 atom stereocenters. The standard InChI is InChI=1S/C21H22N4O2S/c1-15-5-7-16(8-6-15)25(14-28)21(9-4-10-21)20(26)24(2)17-11-19(27-3)18(12-22)23-13-17/h5-8,11,13-14H,4,9-10H2,1-3H3. The van der Waals surface area contributed by atoms with Gasteiger partial charge in [-0.1, -0.05) is 29.9 Å². The lowest BCUT2D eigenvalue weighted by atomic mass is 9.74. The molecule has 0 spiro atoms. The van der Waals surface area contributed by atoms with Gasteiger partial charge in [0, 0.05) is 18.8 Å². The van der Waals surface area contributed by atoms with E-state index in [4.69, 9.17) is 22.2 Å². The molecule has 0 saturated heterocycles. The maximum Gasteiger partial charge on any atom is 0.253 e. The molecule has 1 aliphatic carbocycles. The van der Waals surface area contributed by atoms with Crippen LogP contribution in [0.15, 0.2) is 36.5 Å². The van der Waals surface area contributed by atoms with Crippen molar-refractivity contribution in [1.82, 2.24) is 4.98 Å². The first kappa shape index (κ1) is 19.8. The lowest BCUT2D eigenvalue weighted by molar-refractivity contribution is -0.125. The largest absolute Gasteiger partial charge is 0.494 e. The summed E-state index contributed by atoms with van der Waals surface area (Å²) in [6.07, 6.45) is 3.91. The predicted molar refractivity (Wildman–Crippen MR) is 113 cm³/mol. The number of anilines is 2. The summed E-state index contributed by atoms with van der Waals surface area (Å²) in [6.45, 7) is 2.02. The molecule has 3 rings (SSSR count). The van der Waals surface area contributed by atoms with E-state index in [9.17, 15) is 4.79 Å². The molecule has 1 aliphatic rings. The van der Waals surface area contributed by atoms with Gasteiger partial charge in [0.05, 0.1) is 24.5 Å². The summed E-state index contributed by atoms with van der Waals surface area (Å²) in [6, 6.07) is 11.6. The summed E-state index contributed by atoms with van der Waals surface area (Å²) in [5.74, 6) is 0.279. The molecule has 144 valence electrons. The molecule has 0 N–H and O–H groups in total. The maximum atomic E-state index is 13.5. The Hall–Kier alpha value is -2.98. The number of ether oxygens (including phenoxy) is 1. The Bertz CT molecular complexity index is 932. The van der Waals surface area contributed by atoms with E-state index in [1.807, 2.05) is 42.2 Å². The first-order chi connectivity index (χ1) is 13.5. The van der Waals surface area contributed by atoms with E-state index in [0.29, 0.717) is 11.4 Å². The van der Waals surface area contributed by atoms with Crippen LogP contribution in [0.3, 0.4) is 0 Å². The zero-order valence-electron chi connectivity index (χ0n) is 16.2. The van der Waals surface area contributed by atoms with E-state index >= 15 is 0 Å². The zero-order valence-corrected chi connectivity index (χ0v) is 17.0. The van der Waals surface area contributed by atoms with Gasteiger partial charge in [0.1, 0.15) is 11.6 Å². The summed E-state index contributed by atoms with van der Waals surface area (Å²) in [4.78, 5) is 21.1. The average molecular weight is 395 g/mol. The third kappa shape index (κ3) is 3.32. The molecule has 28 heavy (non-hydrogen) atoms. The number of pyridine rings is 1. The number of rotatable bonds is 6. The molecule has 1 aromatic carbocycles. The van der Waals surface area contributed by atoms with Gasteiger partial charge in [-0.05, 0) is 38.3 Å². The molecule has 1 fully saturated rings. The van der Waals surface area contributed by atoms with Crippen LogP contribution >= 0.6 is 12.2 Å². The number of methoxy groups -OCH3 is 1. The number of nitrogens with zero attached hydrogens (tertiary/aromatic N) is 4. The maximum absolute atomic E-state index is 13.5. The fourth-order valence-corrected chi connectivity index (χ4v) is 3.79. The molecular weight excluding hydrogens is 372 g/mol. The third-order valence-corrected chi connectivity index (χ3v) is 5.52. The lowest BCUT2D eigenvalue weighted by Gasteiger charge is -2.49. The highest BCUT2D eigenvalue weighted by Gasteiger charge is 2.50. The molecular formula is C21H22N4O2S. The van der Waals surface area contributed by atoms with E-state index in [2.05, 4.69) is 4.98 Å². The highest BCUT2D eigenvalue weighted by atomic mass is 32.1. The van der Waals surface area contributed by atoms with Gasteiger partial charge in [-0.3, -0.25) is 4.79 Å². The minimum atomic E-state index is -0.715. The lowest BCUT2D eigenvalue weighted by Crippen LogP contribution is -2.63. The molecule has 0 aliphatic heterocycles. The van der Waals surface area contributed by atoms with Crippen molar-refractivity contribution in [3.8, 4) is 11.8 Å². The van der Waals surface area contributed by atoms with Crippen LogP contribution in [0.2, 0.25) is 0 Å². The highest BCUT2D eigenvalue weighted by Crippen LogP contribution is 2.42. The van der Waals surface area contributed by atoms with Crippen LogP contribution in [0.5, 0.6) is 5.75 Å². The van der Waals surface area contributed by atoms with E-state index in [1.165, 1.54) is 13.3 Å². The number of thiocarbonyl (C=S) groups is 1. The molecule has 2 aromatic rings. The van der Waals surface area contributed by atoms with Gasteiger partial charge < -0.3 is 14.5 Å². The van der Waals surface area contributed by atoms with Gasteiger partial charge in [0.15, 0.2) is 11.4 Å². The van der Waals surface area contributed by atoms with Crippen LogP contribution in [0.25, 0.3) is 0 Å². The van der Waals surface area contributed by atoms with Gasteiger partial charge in [0.25, 0.3) is 5.91 Å². The van der Waals surface area contributed by atoms with Crippen molar-refractivity contribution in [2.75, 3.05) is 24.0 Å². The minimum Gasteiger partial charge on any atom is -0.494 e. The topological polar surface area (TPSA) is 69.5 Å². The number of hydrogen-bond donors (Lipinski definition) is 0. The summed E-state index contributed by atoms with van der Waals surface area (Å²) < 4.78 is 5.23. The number of amides is 1. The molecule has 1 amide bonds. The Morgan fingerprint density at radius 2 is 2.00 bits per heavy atom. The Labute approximate surface area is 170 Å². The predicted octanol–water partition coefficient (Wildman–Crippen LogP) is 3.62. The molecule has 6 nitrogen and oxygen atoms in total. The van der Waals surface area contributed by atoms with E-state index in [-0.39, 0.29) is 11.6 Å². The van der Waals surface area contributed by atoms with Crippen molar-refractivity contribution in [3.05, 3.63) is 47.8 Å². The Kier molecular flexibility index (Phi) is 5.61. The first-order valence-corrected chi connectivity index (χ1v) is 9.47. The van der Waals surface area contributed by atoms with Crippen molar-refractivity contribution in [2.45, 2.75) is 31.7 Å². The molecule has 7 heteroatoms. The van der Waals surface area contributed by atoms with Crippen molar-refractivity contribution in [2.24, 2.45) is 0 Å². The molecule has 1 aromatic heterocycles. The van der Waals surface area contributed by atoms with Gasteiger partial charge >= 0.3 is 0 Å². The smallest absolute Gasteiger partial charge is 0.253 e. The van der Waals surface area contributed by atoms with Gasteiger partial charge in [-0.15, -0.1) is 0 Å². The molecule has 0 radical (unpaired) electrons. The quantitative estimate of drug-likeness (QED) is 0.697.